The minimum absolute atomic E-state index is 0.996. The molecule has 0 amide bonds. The first kappa shape index (κ1) is 9.84. The predicted molar refractivity (Wildman–Crippen MR) is 62.5 cm³/mol. The normalized spacial score (nSPS) is 15.3. The monoisotopic (exact) mass is 201 g/mol. The molecule has 2 nitrogen and oxygen atoms in total. The molecule has 0 aromatic heterocycles. The first-order valence-corrected chi connectivity index (χ1v) is 5.15. The minimum Gasteiger partial charge on any atom is -0.501 e. The summed E-state index contributed by atoms with van der Waals surface area (Å²) in [6, 6.07) is 10.2. The zero-order valence-electron chi connectivity index (χ0n) is 8.86. The smallest absolute Gasteiger partial charge is 0.0979 e. The van der Waals surface area contributed by atoms with Gasteiger partial charge in [-0.05, 0) is 24.6 Å². The van der Waals surface area contributed by atoms with Crippen LogP contribution in [-0.4, -0.2) is 7.11 Å². The van der Waals surface area contributed by atoms with Gasteiger partial charge in [-0.15, -0.1) is 0 Å². The molecule has 2 heteroatoms. The van der Waals surface area contributed by atoms with Crippen molar-refractivity contribution in [3.8, 4) is 0 Å². The molecular weight excluding hydrogens is 186 g/mol. The van der Waals surface area contributed by atoms with Gasteiger partial charge < -0.3 is 10.1 Å². The Balaban J connectivity index is 2.07. The summed E-state index contributed by atoms with van der Waals surface area (Å²) in [7, 11) is 1.72. The fourth-order valence-electron chi connectivity index (χ4n) is 1.61. The molecule has 0 spiro atoms. The third-order valence-electron chi connectivity index (χ3n) is 2.40. The first-order valence-electron chi connectivity index (χ1n) is 5.15. The lowest BCUT2D eigenvalue weighted by Crippen LogP contribution is -2.02. The molecule has 2 rings (SSSR count). The van der Waals surface area contributed by atoms with E-state index in [0.717, 1.165) is 30.0 Å². The summed E-state index contributed by atoms with van der Waals surface area (Å²) in [4.78, 5) is 0. The number of rotatable bonds is 3. The number of nitrogens with one attached hydrogen (secondary N) is 1. The summed E-state index contributed by atoms with van der Waals surface area (Å²) in [5.74, 6) is 1.04. The highest BCUT2D eigenvalue weighted by molar-refractivity contribution is 5.51. The van der Waals surface area contributed by atoms with E-state index in [2.05, 4.69) is 29.6 Å². The predicted octanol–water partition coefficient (Wildman–Crippen LogP) is 3.31. The molecule has 0 bridgehead atoms. The number of anilines is 1. The molecule has 1 aromatic rings. The van der Waals surface area contributed by atoms with Gasteiger partial charge in [0.15, 0.2) is 0 Å². The molecule has 0 radical (unpaired) electrons. The van der Waals surface area contributed by atoms with Gasteiger partial charge in [0.05, 0.1) is 12.9 Å². The molecule has 1 aliphatic rings. The van der Waals surface area contributed by atoms with Crippen LogP contribution in [-0.2, 0) is 4.74 Å². The maximum atomic E-state index is 5.24. The van der Waals surface area contributed by atoms with Crippen molar-refractivity contribution in [2.45, 2.75) is 12.8 Å². The maximum Gasteiger partial charge on any atom is 0.0979 e. The van der Waals surface area contributed by atoms with Crippen molar-refractivity contribution in [3.63, 3.8) is 0 Å². The van der Waals surface area contributed by atoms with Gasteiger partial charge in [-0.2, -0.15) is 0 Å². The van der Waals surface area contributed by atoms with E-state index in [1.54, 1.807) is 7.11 Å². The Morgan fingerprint density at radius 1 is 1.20 bits per heavy atom. The summed E-state index contributed by atoms with van der Waals surface area (Å²) in [6.45, 7) is 0. The highest BCUT2D eigenvalue weighted by atomic mass is 16.5. The van der Waals surface area contributed by atoms with Crippen molar-refractivity contribution in [3.05, 3.63) is 53.9 Å². The number of para-hydroxylation sites is 1. The second-order valence-corrected chi connectivity index (χ2v) is 3.50. The van der Waals surface area contributed by atoms with Gasteiger partial charge in [0.25, 0.3) is 0 Å². The molecule has 0 aliphatic heterocycles. The number of allylic oxidation sites excluding steroid dienone is 3. The molecule has 15 heavy (non-hydrogen) atoms. The van der Waals surface area contributed by atoms with Crippen LogP contribution in [0.3, 0.4) is 0 Å². The number of hydrogen-bond acceptors (Lipinski definition) is 2. The average molecular weight is 201 g/mol. The molecule has 1 aromatic carbocycles. The maximum absolute atomic E-state index is 5.24. The molecule has 0 unspecified atom stereocenters. The van der Waals surface area contributed by atoms with E-state index in [0.29, 0.717) is 0 Å². The van der Waals surface area contributed by atoms with Crippen molar-refractivity contribution in [1.29, 1.82) is 0 Å². The van der Waals surface area contributed by atoms with Gasteiger partial charge in [0.1, 0.15) is 0 Å². The molecule has 0 saturated heterocycles. The second-order valence-electron chi connectivity index (χ2n) is 3.50. The van der Waals surface area contributed by atoms with E-state index in [-0.39, 0.29) is 0 Å². The Hall–Kier alpha value is -1.70. The van der Waals surface area contributed by atoms with Crippen LogP contribution in [0.1, 0.15) is 12.8 Å². The zero-order chi connectivity index (χ0) is 10.5. The Labute approximate surface area is 90.3 Å². The third kappa shape index (κ3) is 2.62. The highest BCUT2D eigenvalue weighted by Crippen LogP contribution is 2.19. The van der Waals surface area contributed by atoms with Gasteiger partial charge in [-0.25, -0.2) is 0 Å². The van der Waals surface area contributed by atoms with Gasteiger partial charge in [-0.3, -0.25) is 0 Å². The highest BCUT2D eigenvalue weighted by Gasteiger charge is 2.04. The Morgan fingerprint density at radius 2 is 2.00 bits per heavy atom. The van der Waals surface area contributed by atoms with Crippen LogP contribution < -0.4 is 5.32 Å². The lowest BCUT2D eigenvalue weighted by Gasteiger charge is -2.14. The van der Waals surface area contributed by atoms with Gasteiger partial charge in [0.2, 0.25) is 0 Å². The van der Waals surface area contributed by atoms with E-state index in [9.17, 15) is 0 Å². The average Bonchev–Trinajstić information content (AvgIpc) is 2.31. The van der Waals surface area contributed by atoms with Crippen LogP contribution in [0.15, 0.2) is 53.9 Å². The van der Waals surface area contributed by atoms with Crippen LogP contribution in [0.4, 0.5) is 5.69 Å². The summed E-state index contributed by atoms with van der Waals surface area (Å²) in [6.07, 6.45) is 6.28. The number of methoxy groups -OCH3 is 1. The summed E-state index contributed by atoms with van der Waals surface area (Å²) in [5, 5.41) is 3.35. The number of benzene rings is 1. The first-order chi connectivity index (χ1) is 7.38. The molecule has 0 atom stereocenters. The van der Waals surface area contributed by atoms with Crippen LogP contribution in [0.25, 0.3) is 0 Å². The van der Waals surface area contributed by atoms with E-state index in [4.69, 9.17) is 4.74 Å². The minimum atomic E-state index is 0.996. The molecule has 78 valence electrons. The zero-order valence-corrected chi connectivity index (χ0v) is 8.86. The standard InChI is InChI=1S/C13H15NO/c1-15-13-9-5-8-12(10-13)14-11-6-3-2-4-7-11/h2-4,6-8,10,14H,5,9H2,1H3. The Morgan fingerprint density at radius 3 is 2.73 bits per heavy atom. The summed E-state index contributed by atoms with van der Waals surface area (Å²) < 4.78 is 5.24. The quantitative estimate of drug-likeness (QED) is 0.810. The van der Waals surface area contributed by atoms with Gasteiger partial charge >= 0.3 is 0 Å². The topological polar surface area (TPSA) is 21.3 Å². The van der Waals surface area contributed by atoms with Gasteiger partial charge in [0, 0.05) is 17.8 Å². The summed E-state index contributed by atoms with van der Waals surface area (Å²) >= 11 is 0. The van der Waals surface area contributed by atoms with Gasteiger partial charge in [-0.1, -0.05) is 24.3 Å². The van der Waals surface area contributed by atoms with E-state index < -0.39 is 0 Å². The van der Waals surface area contributed by atoms with E-state index in [1.165, 1.54) is 0 Å². The van der Waals surface area contributed by atoms with E-state index in [1.807, 2.05) is 18.2 Å². The number of hydrogen-bond donors (Lipinski definition) is 1. The SMILES string of the molecule is COC1=CC(Nc2ccccc2)=CCC1. The van der Waals surface area contributed by atoms with Crippen molar-refractivity contribution < 1.29 is 4.74 Å². The van der Waals surface area contributed by atoms with Crippen LogP contribution in [0.5, 0.6) is 0 Å². The number of ether oxygens (including phenoxy) is 1. The molecule has 0 saturated carbocycles. The fourth-order valence-corrected chi connectivity index (χ4v) is 1.61. The van der Waals surface area contributed by atoms with Crippen molar-refractivity contribution in [2.24, 2.45) is 0 Å². The van der Waals surface area contributed by atoms with E-state index >= 15 is 0 Å². The lowest BCUT2D eigenvalue weighted by molar-refractivity contribution is 0.276. The van der Waals surface area contributed by atoms with Crippen LogP contribution >= 0.6 is 0 Å². The second kappa shape index (κ2) is 4.69. The van der Waals surface area contributed by atoms with Crippen LogP contribution in [0, 0.1) is 0 Å². The molecule has 0 fully saturated rings. The summed E-state index contributed by atoms with van der Waals surface area (Å²) in [5.41, 5.74) is 2.22. The Kier molecular flexibility index (Phi) is 3.08. The molecule has 1 aliphatic carbocycles. The fraction of sp³-hybridized carbons (Fsp3) is 0.231. The van der Waals surface area contributed by atoms with Crippen molar-refractivity contribution in [1.82, 2.24) is 0 Å². The molecule has 0 heterocycles. The molecular formula is C13H15NO. The third-order valence-corrected chi connectivity index (χ3v) is 2.40. The largest absolute Gasteiger partial charge is 0.501 e. The lowest BCUT2D eigenvalue weighted by atomic mass is 10.1. The Bertz CT molecular complexity index is 379. The van der Waals surface area contributed by atoms with Crippen molar-refractivity contribution in [2.75, 3.05) is 12.4 Å². The van der Waals surface area contributed by atoms with Crippen molar-refractivity contribution >= 4 is 5.69 Å². The molecule has 1 N–H and O–H groups in total. The van der Waals surface area contributed by atoms with Crippen LogP contribution in [0.2, 0.25) is 0 Å².